The number of benzene rings is 1. The topological polar surface area (TPSA) is 117 Å². The average Bonchev–Trinajstić information content (AvgIpc) is 3.19. The molecular formula is C24H33N4O4S+. The lowest BCUT2D eigenvalue weighted by molar-refractivity contribution is -0.530. The fourth-order valence-electron chi connectivity index (χ4n) is 3.18. The molecule has 0 fully saturated rings. The van der Waals surface area contributed by atoms with Crippen LogP contribution in [0.15, 0.2) is 41.8 Å². The number of allylic oxidation sites excluding steroid dienone is 1. The predicted octanol–water partition coefficient (Wildman–Crippen LogP) is 2.81. The maximum atomic E-state index is 13.2. The zero-order valence-corrected chi connectivity index (χ0v) is 20.5. The largest absolute Gasteiger partial charge is 0.494 e. The molecule has 178 valence electrons. The first kappa shape index (κ1) is 26.1. The molecule has 0 aliphatic carbocycles. The van der Waals surface area contributed by atoms with Crippen molar-refractivity contribution >= 4 is 35.2 Å². The summed E-state index contributed by atoms with van der Waals surface area (Å²) < 4.78 is 10.9. The summed E-state index contributed by atoms with van der Waals surface area (Å²) in [6, 6.07) is 9.38. The number of hydrogen-bond donors (Lipinski definition) is 4. The number of methoxy groups -OCH3 is 1. The minimum Gasteiger partial charge on any atom is -0.494 e. The van der Waals surface area contributed by atoms with Gasteiger partial charge < -0.3 is 30.8 Å². The lowest BCUT2D eigenvalue weighted by Gasteiger charge is -2.23. The Morgan fingerprint density at radius 1 is 1.24 bits per heavy atom. The lowest BCUT2D eigenvalue weighted by Crippen LogP contribution is -2.76. The normalized spacial score (nSPS) is 12.6. The molecule has 9 heteroatoms. The SMILES string of the molecule is C[NH2+]C(=CC=N)c1csc(C(=O)NC(CNC(=O)OC(C)(C)C)Cc2ccccc2)c1OC. The molecule has 1 aromatic carbocycles. The maximum absolute atomic E-state index is 13.2. The van der Waals surface area contributed by atoms with Gasteiger partial charge in [0.25, 0.3) is 5.91 Å². The van der Waals surface area contributed by atoms with Crippen molar-refractivity contribution in [3.8, 4) is 5.75 Å². The van der Waals surface area contributed by atoms with Gasteiger partial charge in [0, 0.05) is 24.2 Å². The van der Waals surface area contributed by atoms with Crippen molar-refractivity contribution in [1.29, 1.82) is 5.41 Å². The Labute approximate surface area is 198 Å². The molecule has 1 aromatic heterocycles. The fraction of sp³-hybridized carbons (Fsp3) is 0.375. The quantitative estimate of drug-likeness (QED) is 0.397. The standard InChI is InChI=1S/C24H32N4O4S/c1-24(2,3)32-23(30)27-14-17(13-16-9-7-6-8-10-16)28-22(29)21-20(31-5)18(15-33-21)19(26-4)11-12-25/h6-12,15,17,25-26H,13-14H2,1-5H3,(H,27,30)(H,28,29)/p+1. The van der Waals surface area contributed by atoms with Gasteiger partial charge in [-0.05, 0) is 32.8 Å². The summed E-state index contributed by atoms with van der Waals surface area (Å²) in [6.07, 6.45) is 2.84. The Morgan fingerprint density at radius 2 is 1.94 bits per heavy atom. The third-order valence-corrected chi connectivity index (χ3v) is 5.55. The van der Waals surface area contributed by atoms with E-state index >= 15 is 0 Å². The Hall–Kier alpha value is -3.17. The summed E-state index contributed by atoms with van der Waals surface area (Å²) in [5.41, 5.74) is 1.97. The number of rotatable bonds is 10. The second-order valence-electron chi connectivity index (χ2n) is 8.33. The Morgan fingerprint density at radius 3 is 2.52 bits per heavy atom. The Bertz CT molecular complexity index is 980. The number of nitrogens with two attached hydrogens (primary N) is 1. The summed E-state index contributed by atoms with van der Waals surface area (Å²) >= 11 is 1.27. The molecule has 1 atom stereocenters. The highest BCUT2D eigenvalue weighted by Crippen LogP contribution is 2.33. The van der Waals surface area contributed by atoms with Gasteiger partial charge in [-0.2, -0.15) is 0 Å². The molecule has 0 aliphatic heterocycles. The number of nitrogens with one attached hydrogen (secondary N) is 3. The molecule has 1 unspecified atom stereocenters. The molecule has 1 heterocycles. The van der Waals surface area contributed by atoms with E-state index in [1.165, 1.54) is 24.7 Å². The van der Waals surface area contributed by atoms with E-state index in [4.69, 9.17) is 14.9 Å². The lowest BCUT2D eigenvalue weighted by atomic mass is 10.1. The molecule has 0 saturated carbocycles. The van der Waals surface area contributed by atoms with E-state index in [9.17, 15) is 9.59 Å². The summed E-state index contributed by atoms with van der Waals surface area (Å²) in [5.74, 6) is 0.169. The molecule has 2 rings (SSSR count). The van der Waals surface area contributed by atoms with Gasteiger partial charge >= 0.3 is 6.09 Å². The molecule has 0 aliphatic rings. The number of quaternary nitrogens is 1. The highest BCUT2D eigenvalue weighted by molar-refractivity contribution is 7.12. The van der Waals surface area contributed by atoms with Gasteiger partial charge in [-0.25, -0.2) is 4.79 Å². The van der Waals surface area contributed by atoms with E-state index in [2.05, 4.69) is 10.6 Å². The summed E-state index contributed by atoms with van der Waals surface area (Å²) in [5, 5.41) is 16.8. The van der Waals surface area contributed by atoms with Crippen LogP contribution in [0, 0.1) is 5.41 Å². The molecule has 5 N–H and O–H groups in total. The van der Waals surface area contributed by atoms with Crippen molar-refractivity contribution < 1.29 is 24.4 Å². The predicted molar refractivity (Wildman–Crippen MR) is 131 cm³/mol. The van der Waals surface area contributed by atoms with Crippen LogP contribution in [0.1, 0.15) is 41.6 Å². The van der Waals surface area contributed by atoms with Gasteiger partial charge in [0.15, 0.2) is 5.75 Å². The van der Waals surface area contributed by atoms with Crippen LogP contribution in [0.2, 0.25) is 0 Å². The number of thiophene rings is 1. The van der Waals surface area contributed by atoms with Crippen LogP contribution in [0.5, 0.6) is 5.75 Å². The molecule has 0 radical (unpaired) electrons. The molecule has 0 bridgehead atoms. The molecule has 0 saturated heterocycles. The molecular weight excluding hydrogens is 440 g/mol. The molecule has 2 amide bonds. The van der Waals surface area contributed by atoms with Crippen LogP contribution < -0.4 is 20.7 Å². The summed E-state index contributed by atoms with van der Waals surface area (Å²) in [4.78, 5) is 25.8. The summed E-state index contributed by atoms with van der Waals surface area (Å²) in [7, 11) is 3.38. The van der Waals surface area contributed by atoms with E-state index in [1.54, 1.807) is 26.8 Å². The third-order valence-electron chi connectivity index (χ3n) is 4.59. The minimum absolute atomic E-state index is 0.206. The summed E-state index contributed by atoms with van der Waals surface area (Å²) in [6.45, 7) is 5.60. The highest BCUT2D eigenvalue weighted by Gasteiger charge is 2.25. The van der Waals surface area contributed by atoms with Gasteiger partial charge in [0.2, 0.25) is 0 Å². The van der Waals surface area contributed by atoms with Gasteiger partial charge in [0.05, 0.1) is 25.8 Å². The Balaban J connectivity index is 2.21. The second-order valence-corrected chi connectivity index (χ2v) is 9.21. The van der Waals surface area contributed by atoms with Crippen LogP contribution in [0.25, 0.3) is 5.70 Å². The van der Waals surface area contributed by atoms with E-state index in [1.807, 2.05) is 48.1 Å². The van der Waals surface area contributed by atoms with E-state index in [0.29, 0.717) is 17.0 Å². The van der Waals surface area contributed by atoms with Crippen LogP contribution in [-0.4, -0.2) is 50.6 Å². The molecule has 0 spiro atoms. The number of amides is 2. The first-order chi connectivity index (χ1) is 15.7. The maximum Gasteiger partial charge on any atom is 0.407 e. The van der Waals surface area contributed by atoms with Crippen molar-refractivity contribution in [3.63, 3.8) is 0 Å². The second kappa shape index (κ2) is 12.2. The van der Waals surface area contributed by atoms with Gasteiger partial charge in [-0.15, -0.1) is 11.3 Å². The van der Waals surface area contributed by atoms with E-state index in [0.717, 1.165) is 16.8 Å². The molecule has 8 nitrogen and oxygen atoms in total. The first-order valence-electron chi connectivity index (χ1n) is 10.7. The van der Waals surface area contributed by atoms with E-state index in [-0.39, 0.29) is 18.5 Å². The van der Waals surface area contributed by atoms with Crippen molar-refractivity contribution in [2.45, 2.75) is 38.8 Å². The van der Waals surface area contributed by atoms with Crippen molar-refractivity contribution in [1.82, 2.24) is 10.6 Å². The highest BCUT2D eigenvalue weighted by atomic mass is 32.1. The van der Waals surface area contributed by atoms with Crippen LogP contribution >= 0.6 is 11.3 Å². The number of ether oxygens (including phenoxy) is 2. The average molecular weight is 474 g/mol. The molecule has 2 aromatic rings. The van der Waals surface area contributed by atoms with Crippen LogP contribution in [-0.2, 0) is 11.2 Å². The number of alkyl carbamates (subject to hydrolysis) is 1. The zero-order chi connectivity index (χ0) is 24.4. The third kappa shape index (κ3) is 8.03. The molecule has 33 heavy (non-hydrogen) atoms. The number of carbonyl (C=O) groups is 2. The zero-order valence-electron chi connectivity index (χ0n) is 19.7. The van der Waals surface area contributed by atoms with Crippen molar-refractivity contribution in [2.24, 2.45) is 0 Å². The van der Waals surface area contributed by atoms with E-state index < -0.39 is 11.7 Å². The number of carbonyl (C=O) groups excluding carboxylic acids is 2. The van der Waals surface area contributed by atoms with Crippen molar-refractivity contribution in [3.05, 3.63) is 57.8 Å². The number of hydrogen-bond acceptors (Lipinski definition) is 6. The van der Waals surface area contributed by atoms with Crippen LogP contribution in [0.4, 0.5) is 4.79 Å². The minimum atomic E-state index is -0.610. The van der Waals surface area contributed by atoms with Gasteiger partial charge in [-0.3, -0.25) is 4.79 Å². The fourth-order valence-corrected chi connectivity index (χ4v) is 4.13. The van der Waals surface area contributed by atoms with Crippen LogP contribution in [0.3, 0.4) is 0 Å². The Kier molecular flexibility index (Phi) is 9.62. The first-order valence-corrected chi connectivity index (χ1v) is 11.5. The van der Waals surface area contributed by atoms with Gasteiger partial charge in [0.1, 0.15) is 16.2 Å². The van der Waals surface area contributed by atoms with Crippen molar-refractivity contribution in [2.75, 3.05) is 20.7 Å². The smallest absolute Gasteiger partial charge is 0.407 e. The van der Waals surface area contributed by atoms with Gasteiger partial charge in [-0.1, -0.05) is 30.3 Å². The monoisotopic (exact) mass is 473 g/mol.